The predicted octanol–water partition coefficient (Wildman–Crippen LogP) is 6.21. The number of hydrogen-bond acceptors (Lipinski definition) is 5. The summed E-state index contributed by atoms with van der Waals surface area (Å²) in [7, 11) is 0. The van der Waals surface area contributed by atoms with Gasteiger partial charge in [0, 0.05) is 30.4 Å². The molecular weight excluding hydrogens is 573 g/mol. The van der Waals surface area contributed by atoms with E-state index in [4.69, 9.17) is 11.6 Å². The number of benzene rings is 1. The highest BCUT2D eigenvalue weighted by atomic mass is 35.5. The Morgan fingerprint density at radius 1 is 1.05 bits per heavy atom. The molecule has 8 nitrogen and oxygen atoms in total. The van der Waals surface area contributed by atoms with Crippen molar-refractivity contribution in [3.05, 3.63) is 81.9 Å². The van der Waals surface area contributed by atoms with E-state index in [9.17, 15) is 32.7 Å². The average molecular weight is 603 g/mol. The summed E-state index contributed by atoms with van der Waals surface area (Å²) in [5.74, 6) is -3.26. The highest BCUT2D eigenvalue weighted by molar-refractivity contribution is 6.34. The number of Topliss-reactive ketones (excluding diaryl/α,β-unsaturated/α-hetero) is 1. The summed E-state index contributed by atoms with van der Waals surface area (Å²) in [5.41, 5.74) is -0.150. The molecule has 1 aliphatic heterocycles. The van der Waals surface area contributed by atoms with Crippen LogP contribution in [0.3, 0.4) is 0 Å². The summed E-state index contributed by atoms with van der Waals surface area (Å²) in [6, 6.07) is 7.47. The molecule has 3 aromatic rings. The molecule has 1 amide bonds. The monoisotopic (exact) mass is 602 g/mol. The third-order valence-corrected chi connectivity index (χ3v) is 8.71. The molecular formula is C30H30ClF3N4O4. The van der Waals surface area contributed by atoms with E-state index in [-0.39, 0.29) is 55.2 Å². The lowest BCUT2D eigenvalue weighted by Crippen LogP contribution is -2.41. The Balaban J connectivity index is 1.53. The summed E-state index contributed by atoms with van der Waals surface area (Å²) in [6.07, 6.45) is 0.359. The van der Waals surface area contributed by atoms with Gasteiger partial charge in [-0.3, -0.25) is 24.0 Å². The van der Waals surface area contributed by atoms with Crippen LogP contribution < -0.4 is 0 Å². The number of carboxylic acids is 1. The molecule has 0 bridgehead atoms. The molecule has 2 atom stereocenters. The molecule has 5 rings (SSSR count). The molecule has 42 heavy (non-hydrogen) atoms. The quantitative estimate of drug-likeness (QED) is 0.322. The van der Waals surface area contributed by atoms with Crippen LogP contribution in [0.2, 0.25) is 5.02 Å². The zero-order valence-corrected chi connectivity index (χ0v) is 23.6. The maximum Gasteiger partial charge on any atom is 0.433 e. The van der Waals surface area contributed by atoms with Gasteiger partial charge in [-0.25, -0.2) is 0 Å². The summed E-state index contributed by atoms with van der Waals surface area (Å²) in [4.78, 5) is 44.6. The Bertz CT molecular complexity index is 1490. The van der Waals surface area contributed by atoms with E-state index in [2.05, 4.69) is 10.1 Å². The van der Waals surface area contributed by atoms with Crippen LogP contribution in [-0.2, 0) is 17.4 Å². The van der Waals surface area contributed by atoms with Crippen LogP contribution in [0, 0.1) is 5.92 Å². The first-order valence-corrected chi connectivity index (χ1v) is 14.3. The fraction of sp³-hybridized carbons (Fsp3) is 0.433. The van der Waals surface area contributed by atoms with Crippen LogP contribution >= 0.6 is 11.6 Å². The van der Waals surface area contributed by atoms with Crippen LogP contribution in [0.4, 0.5) is 13.2 Å². The van der Waals surface area contributed by atoms with Crippen LogP contribution in [0.25, 0.3) is 0 Å². The Hall–Kier alpha value is -3.73. The number of carboxylic acid groups (broad SMARTS) is 1. The molecule has 1 saturated carbocycles. The maximum atomic E-state index is 14.5. The van der Waals surface area contributed by atoms with Crippen LogP contribution in [0.5, 0.6) is 0 Å². The van der Waals surface area contributed by atoms with Gasteiger partial charge in [-0.2, -0.15) is 18.3 Å². The third kappa shape index (κ3) is 5.66. The smallest absolute Gasteiger partial charge is 0.433 e. The van der Waals surface area contributed by atoms with Crippen molar-refractivity contribution < 1.29 is 32.7 Å². The largest absolute Gasteiger partial charge is 0.481 e. The first kappa shape index (κ1) is 29.8. The van der Waals surface area contributed by atoms with Crippen LogP contribution in [-0.4, -0.2) is 55.0 Å². The number of halogens is 4. The van der Waals surface area contributed by atoms with Gasteiger partial charge < -0.3 is 10.0 Å². The number of aromatic nitrogens is 3. The molecule has 3 heterocycles. The number of carbonyl (C=O) groups excluding carboxylic acids is 2. The Morgan fingerprint density at radius 2 is 1.74 bits per heavy atom. The zero-order valence-electron chi connectivity index (χ0n) is 22.9. The molecule has 1 saturated heterocycles. The summed E-state index contributed by atoms with van der Waals surface area (Å²) in [6.45, 7) is 1.87. The molecule has 0 spiro atoms. The van der Waals surface area contributed by atoms with E-state index in [0.717, 1.165) is 16.4 Å². The number of hydrogen-bond donors (Lipinski definition) is 1. The molecule has 2 aromatic heterocycles. The summed E-state index contributed by atoms with van der Waals surface area (Å²) >= 11 is 6.40. The Kier molecular flexibility index (Phi) is 8.41. The van der Waals surface area contributed by atoms with Gasteiger partial charge in [-0.05, 0) is 49.7 Å². The minimum Gasteiger partial charge on any atom is -0.481 e. The van der Waals surface area contributed by atoms with E-state index in [1.165, 1.54) is 17.3 Å². The van der Waals surface area contributed by atoms with Gasteiger partial charge in [-0.15, -0.1) is 0 Å². The molecule has 2 fully saturated rings. The fourth-order valence-corrected chi connectivity index (χ4v) is 6.53. The van der Waals surface area contributed by atoms with E-state index < -0.39 is 53.1 Å². The Labute approximate surface area is 245 Å². The lowest BCUT2D eigenvalue weighted by Gasteiger charge is -2.28. The molecule has 222 valence electrons. The number of likely N-dealkylation sites (tertiary alicyclic amines) is 1. The summed E-state index contributed by atoms with van der Waals surface area (Å²) < 4.78 is 44.5. The molecule has 1 aromatic carbocycles. The van der Waals surface area contributed by atoms with Crippen molar-refractivity contribution in [1.82, 2.24) is 19.7 Å². The highest BCUT2D eigenvalue weighted by Crippen LogP contribution is 2.41. The van der Waals surface area contributed by atoms with Crippen molar-refractivity contribution in [1.29, 1.82) is 0 Å². The van der Waals surface area contributed by atoms with Crippen molar-refractivity contribution in [3.63, 3.8) is 0 Å². The minimum absolute atomic E-state index is 0.0373. The molecule has 1 aliphatic carbocycles. The molecule has 2 aliphatic rings. The van der Waals surface area contributed by atoms with Crippen molar-refractivity contribution >= 4 is 29.3 Å². The normalized spacial score (nSPS) is 22.7. The molecule has 2 unspecified atom stereocenters. The number of aryl methyl sites for hydroxylation is 1. The van der Waals surface area contributed by atoms with Gasteiger partial charge in [0.25, 0.3) is 5.91 Å². The fourth-order valence-electron chi connectivity index (χ4n) is 6.26. The number of ketones is 1. The van der Waals surface area contributed by atoms with E-state index in [0.29, 0.717) is 12.0 Å². The average Bonchev–Trinajstić information content (AvgIpc) is 3.63. The first-order valence-electron chi connectivity index (χ1n) is 13.9. The lowest BCUT2D eigenvalue weighted by atomic mass is 9.86. The number of amides is 1. The highest BCUT2D eigenvalue weighted by Gasteiger charge is 2.47. The number of pyridine rings is 1. The number of alkyl halides is 3. The lowest BCUT2D eigenvalue weighted by molar-refractivity contribution is -0.147. The van der Waals surface area contributed by atoms with Gasteiger partial charge in [0.05, 0.1) is 34.8 Å². The van der Waals surface area contributed by atoms with Crippen molar-refractivity contribution in [2.45, 2.75) is 69.6 Å². The van der Waals surface area contributed by atoms with Gasteiger partial charge in [0.2, 0.25) is 0 Å². The molecule has 12 heteroatoms. The predicted molar refractivity (Wildman–Crippen MR) is 147 cm³/mol. The third-order valence-electron chi connectivity index (χ3n) is 8.43. The Morgan fingerprint density at radius 3 is 2.36 bits per heavy atom. The van der Waals surface area contributed by atoms with Gasteiger partial charge >= 0.3 is 12.1 Å². The SMILES string of the molecule is CCc1cncc(Cl)c1C(=O)C1CC(c2ccccc2)CN1C(=O)c1cnn(C2CCC(C(=O)O)CC2)c1C(F)(F)F. The minimum atomic E-state index is -4.91. The van der Waals surface area contributed by atoms with Gasteiger partial charge in [0.1, 0.15) is 0 Å². The number of rotatable bonds is 7. The second kappa shape index (κ2) is 11.9. The van der Waals surface area contributed by atoms with Crippen LogP contribution in [0.15, 0.2) is 48.9 Å². The van der Waals surface area contributed by atoms with Crippen molar-refractivity contribution in [2.75, 3.05) is 6.54 Å². The first-order chi connectivity index (χ1) is 20.0. The van der Waals surface area contributed by atoms with E-state index in [1.54, 1.807) is 0 Å². The molecule has 1 N–H and O–H groups in total. The molecule has 0 radical (unpaired) electrons. The van der Waals surface area contributed by atoms with Gasteiger partial charge in [0.15, 0.2) is 11.5 Å². The maximum absolute atomic E-state index is 14.5. The van der Waals surface area contributed by atoms with Crippen molar-refractivity contribution in [2.24, 2.45) is 5.92 Å². The van der Waals surface area contributed by atoms with E-state index in [1.807, 2.05) is 37.3 Å². The topological polar surface area (TPSA) is 105 Å². The number of aliphatic carboxylic acids is 1. The second-order valence-electron chi connectivity index (χ2n) is 10.9. The second-order valence-corrected chi connectivity index (χ2v) is 11.3. The van der Waals surface area contributed by atoms with Crippen molar-refractivity contribution in [3.8, 4) is 0 Å². The number of carbonyl (C=O) groups is 3. The zero-order chi connectivity index (χ0) is 30.2. The van der Waals surface area contributed by atoms with Gasteiger partial charge in [-0.1, -0.05) is 48.9 Å². The number of nitrogens with zero attached hydrogens (tertiary/aromatic N) is 4. The van der Waals surface area contributed by atoms with E-state index >= 15 is 0 Å². The summed E-state index contributed by atoms with van der Waals surface area (Å²) in [5, 5.41) is 13.4. The van der Waals surface area contributed by atoms with Crippen LogP contribution in [0.1, 0.15) is 88.5 Å². The standard InChI is InChI=1S/C30H30ClF3N4O4/c1-2-17-13-35-15-23(31)25(17)26(39)24-12-20(18-6-4-3-5-7-18)16-37(24)28(40)22-14-36-38(27(22)30(32,33)34)21-10-8-19(9-11-21)29(41)42/h3-7,13-15,19-21,24H,2,8-12,16H2,1H3,(H,41,42).